The van der Waals surface area contributed by atoms with Crippen LogP contribution in [-0.4, -0.2) is 42.1 Å². The van der Waals surface area contributed by atoms with E-state index in [1.54, 1.807) is 18.3 Å². The maximum atomic E-state index is 14.0. The summed E-state index contributed by atoms with van der Waals surface area (Å²) < 4.78 is 47.6. The molecule has 1 fully saturated rings. The van der Waals surface area contributed by atoms with E-state index < -0.39 is 23.1 Å². The van der Waals surface area contributed by atoms with Crippen LogP contribution in [0.25, 0.3) is 11.3 Å². The maximum Gasteiger partial charge on any atom is 0.418 e. The lowest BCUT2D eigenvalue weighted by Crippen LogP contribution is -2.54. The van der Waals surface area contributed by atoms with Crippen LogP contribution in [0.2, 0.25) is 5.02 Å². The van der Waals surface area contributed by atoms with E-state index in [0.29, 0.717) is 49.7 Å². The van der Waals surface area contributed by atoms with E-state index in [0.717, 1.165) is 11.6 Å². The van der Waals surface area contributed by atoms with Gasteiger partial charge < -0.3 is 15.0 Å². The summed E-state index contributed by atoms with van der Waals surface area (Å²) in [5.41, 5.74) is 0.293. The Bertz CT molecular complexity index is 1310. The van der Waals surface area contributed by atoms with Gasteiger partial charge in [0, 0.05) is 23.2 Å². The maximum absolute atomic E-state index is 14.0. The number of alkyl halides is 3. The number of piperidine rings is 1. The number of hydrogen-bond acceptors (Lipinski definition) is 5. The van der Waals surface area contributed by atoms with Gasteiger partial charge in [-0.15, -0.1) is 0 Å². The van der Waals surface area contributed by atoms with E-state index in [-0.39, 0.29) is 22.9 Å². The molecule has 1 spiro atoms. The van der Waals surface area contributed by atoms with Gasteiger partial charge in [-0.25, -0.2) is 9.97 Å². The van der Waals surface area contributed by atoms with Crippen molar-refractivity contribution < 1.29 is 22.7 Å². The van der Waals surface area contributed by atoms with Crippen molar-refractivity contribution in [2.24, 2.45) is 0 Å². The minimum Gasteiger partial charge on any atom is -0.477 e. The minimum atomic E-state index is -4.68. The predicted octanol–water partition coefficient (Wildman–Crippen LogP) is 5.50. The first-order valence-corrected chi connectivity index (χ1v) is 12.1. The van der Waals surface area contributed by atoms with Gasteiger partial charge in [0.25, 0.3) is 5.91 Å². The number of nitrogens with zero attached hydrogens (tertiary/aromatic N) is 3. The van der Waals surface area contributed by atoms with Gasteiger partial charge in [0.2, 0.25) is 5.88 Å². The van der Waals surface area contributed by atoms with Gasteiger partial charge in [0.15, 0.2) is 0 Å². The Morgan fingerprint density at radius 3 is 2.67 bits per heavy atom. The van der Waals surface area contributed by atoms with Crippen molar-refractivity contribution in [2.45, 2.75) is 31.4 Å². The summed E-state index contributed by atoms with van der Waals surface area (Å²) in [6.07, 6.45) is -1.75. The fourth-order valence-corrected chi connectivity index (χ4v) is 5.30. The second-order valence-electron chi connectivity index (χ2n) is 8.96. The summed E-state index contributed by atoms with van der Waals surface area (Å²) in [6, 6.07) is 10.7. The van der Waals surface area contributed by atoms with Gasteiger partial charge in [0.05, 0.1) is 29.1 Å². The molecule has 0 bridgehead atoms. The molecule has 1 aromatic carbocycles. The molecule has 0 unspecified atom stereocenters. The predicted molar refractivity (Wildman–Crippen MR) is 131 cm³/mol. The molecular weight excluding hydrogens is 493 g/mol. The average Bonchev–Trinajstić information content (AvgIpc) is 2.87. The second kappa shape index (κ2) is 9.37. The van der Waals surface area contributed by atoms with E-state index in [1.807, 2.05) is 19.1 Å². The lowest BCUT2D eigenvalue weighted by molar-refractivity contribution is -0.137. The third-order valence-electron chi connectivity index (χ3n) is 6.82. The zero-order chi connectivity index (χ0) is 25.5. The van der Waals surface area contributed by atoms with Crippen LogP contribution in [0, 0.1) is 0 Å². The van der Waals surface area contributed by atoms with Crippen molar-refractivity contribution in [1.82, 2.24) is 15.3 Å². The van der Waals surface area contributed by atoms with Crippen LogP contribution < -0.4 is 15.0 Å². The molecular formula is C26H24ClF3N4O2. The number of fused-ring (bicyclic) bond motifs is 2. The van der Waals surface area contributed by atoms with Crippen LogP contribution in [0.1, 0.15) is 41.4 Å². The molecule has 36 heavy (non-hydrogen) atoms. The zero-order valence-corrected chi connectivity index (χ0v) is 20.3. The largest absolute Gasteiger partial charge is 0.477 e. The first-order valence-electron chi connectivity index (χ1n) is 11.7. The Morgan fingerprint density at radius 1 is 1.17 bits per heavy atom. The minimum absolute atomic E-state index is 0.0482. The average molecular weight is 517 g/mol. The number of pyridine rings is 2. The molecule has 1 N–H and O–H groups in total. The fourth-order valence-electron chi connectivity index (χ4n) is 5.12. The van der Waals surface area contributed by atoms with Crippen molar-refractivity contribution in [3.05, 3.63) is 70.5 Å². The number of aromatic nitrogens is 2. The number of ether oxygens (including phenoxy) is 1. The molecule has 188 valence electrons. The molecule has 2 aliphatic heterocycles. The topological polar surface area (TPSA) is 67.4 Å². The molecule has 1 amide bonds. The number of anilines is 1. The molecule has 4 heterocycles. The number of carbonyl (C=O) groups excluding carboxylic acids is 1. The van der Waals surface area contributed by atoms with Crippen LogP contribution in [0.15, 0.2) is 48.7 Å². The van der Waals surface area contributed by atoms with Gasteiger partial charge in [-0.05, 0) is 74.8 Å². The fraction of sp³-hybridized carbons (Fsp3) is 0.346. The van der Waals surface area contributed by atoms with Gasteiger partial charge >= 0.3 is 6.18 Å². The highest BCUT2D eigenvalue weighted by Crippen LogP contribution is 2.45. The van der Waals surface area contributed by atoms with Gasteiger partial charge in [0.1, 0.15) is 5.69 Å². The molecule has 10 heteroatoms. The number of hydrogen-bond donors (Lipinski definition) is 1. The summed E-state index contributed by atoms with van der Waals surface area (Å²) in [7, 11) is 0. The normalized spacial score (nSPS) is 17.2. The smallest absolute Gasteiger partial charge is 0.418 e. The standard InChI is InChI=1S/C26H24ClF3N4O2/c1-2-36-23-17(4-3-11-32-23)20-7-6-18-22(33-20)24(35)34(15-25(18)9-12-31-13-10-25)21-8-5-16(27)14-19(21)26(28,29)30/h3-8,11,14,31H,2,9-10,12-13,15H2,1H3. The number of rotatable bonds is 4. The van der Waals surface area contributed by atoms with Crippen molar-refractivity contribution in [3.63, 3.8) is 0 Å². The molecule has 3 aromatic rings. The highest BCUT2D eigenvalue weighted by Gasteiger charge is 2.47. The van der Waals surface area contributed by atoms with Gasteiger partial charge in [-0.3, -0.25) is 4.79 Å². The molecule has 5 rings (SSSR count). The van der Waals surface area contributed by atoms with E-state index in [2.05, 4.69) is 10.3 Å². The SMILES string of the molecule is CCOc1ncccc1-c1ccc2c(n1)C(=O)N(c1ccc(Cl)cc1C(F)(F)F)CC21CCNCC1. The van der Waals surface area contributed by atoms with Crippen LogP contribution in [-0.2, 0) is 11.6 Å². The Hall–Kier alpha value is -3.17. The highest BCUT2D eigenvalue weighted by molar-refractivity contribution is 6.30. The highest BCUT2D eigenvalue weighted by atomic mass is 35.5. The zero-order valence-electron chi connectivity index (χ0n) is 19.5. The third kappa shape index (κ3) is 4.30. The lowest BCUT2D eigenvalue weighted by Gasteiger charge is -2.46. The molecule has 0 atom stereocenters. The lowest BCUT2D eigenvalue weighted by atomic mass is 9.70. The van der Waals surface area contributed by atoms with Crippen LogP contribution in [0.3, 0.4) is 0 Å². The number of benzene rings is 1. The first kappa shape index (κ1) is 24.5. The summed E-state index contributed by atoms with van der Waals surface area (Å²) in [5.74, 6) is -0.202. The van der Waals surface area contributed by atoms with Crippen LogP contribution in [0.5, 0.6) is 5.88 Å². The Kier molecular flexibility index (Phi) is 6.38. The van der Waals surface area contributed by atoms with Crippen molar-refractivity contribution in [2.75, 3.05) is 31.1 Å². The molecule has 1 saturated heterocycles. The summed E-state index contributed by atoms with van der Waals surface area (Å²) in [5, 5.41) is 3.26. The molecule has 2 aliphatic rings. The summed E-state index contributed by atoms with van der Waals surface area (Å²) in [6.45, 7) is 3.74. The second-order valence-corrected chi connectivity index (χ2v) is 9.40. The Morgan fingerprint density at radius 2 is 1.94 bits per heavy atom. The van der Waals surface area contributed by atoms with E-state index in [9.17, 15) is 18.0 Å². The Balaban J connectivity index is 1.68. The van der Waals surface area contributed by atoms with Gasteiger partial charge in [-0.1, -0.05) is 17.7 Å². The third-order valence-corrected chi connectivity index (χ3v) is 7.05. The van der Waals surface area contributed by atoms with Crippen LogP contribution >= 0.6 is 11.6 Å². The number of nitrogens with one attached hydrogen (secondary N) is 1. The van der Waals surface area contributed by atoms with Crippen molar-refractivity contribution >= 4 is 23.2 Å². The molecule has 6 nitrogen and oxygen atoms in total. The van der Waals surface area contributed by atoms with Gasteiger partial charge in [-0.2, -0.15) is 13.2 Å². The number of amides is 1. The molecule has 0 saturated carbocycles. The van der Waals surface area contributed by atoms with Crippen LogP contribution in [0.4, 0.5) is 18.9 Å². The summed E-state index contributed by atoms with van der Waals surface area (Å²) >= 11 is 5.91. The number of carbonyl (C=O) groups is 1. The van der Waals surface area contributed by atoms with Crippen molar-refractivity contribution in [3.8, 4) is 17.1 Å². The molecule has 0 radical (unpaired) electrons. The van der Waals surface area contributed by atoms with E-state index in [4.69, 9.17) is 21.3 Å². The molecule has 0 aliphatic carbocycles. The van der Waals surface area contributed by atoms with E-state index >= 15 is 0 Å². The monoisotopic (exact) mass is 516 g/mol. The summed E-state index contributed by atoms with van der Waals surface area (Å²) in [4.78, 5) is 24.0. The Labute approximate surface area is 211 Å². The molecule has 2 aromatic heterocycles. The number of halogens is 4. The quantitative estimate of drug-likeness (QED) is 0.496. The van der Waals surface area contributed by atoms with Crippen molar-refractivity contribution in [1.29, 1.82) is 0 Å². The van der Waals surface area contributed by atoms with E-state index in [1.165, 1.54) is 17.0 Å². The first-order chi connectivity index (χ1) is 17.2.